The van der Waals surface area contributed by atoms with Crippen LogP contribution in [0.2, 0.25) is 0 Å². The summed E-state index contributed by atoms with van der Waals surface area (Å²) in [5.74, 6) is 2.75. The molecule has 0 N–H and O–H groups in total. The van der Waals surface area contributed by atoms with Crippen molar-refractivity contribution in [2.24, 2.45) is 0 Å². The summed E-state index contributed by atoms with van der Waals surface area (Å²) in [4.78, 5) is 0. The highest BCUT2D eigenvalue weighted by atomic mass is 32.3. The fourth-order valence-corrected chi connectivity index (χ4v) is 4.48. The molecule has 0 radical (unpaired) electrons. The predicted octanol–water partition coefficient (Wildman–Crippen LogP) is 3.59. The molecule has 2 unspecified atom stereocenters. The molecule has 1 aliphatic rings. The Labute approximate surface area is 102 Å². The molecule has 2 atom stereocenters. The maximum atomic E-state index is 2.62. The summed E-state index contributed by atoms with van der Waals surface area (Å²) < 4.78 is 2.62. The van der Waals surface area contributed by atoms with Gasteiger partial charge in [0.25, 0.3) is 0 Å². The van der Waals surface area contributed by atoms with Crippen LogP contribution in [0.1, 0.15) is 33.1 Å². The highest BCUT2D eigenvalue weighted by Crippen LogP contribution is 2.36. The van der Waals surface area contributed by atoms with Gasteiger partial charge in [-0.3, -0.25) is 0 Å². The summed E-state index contributed by atoms with van der Waals surface area (Å²) in [6.07, 6.45) is 11.4. The first-order chi connectivity index (χ1) is 6.90. The van der Waals surface area contributed by atoms with E-state index < -0.39 is 0 Å². The molecule has 92 valence electrons. The Morgan fingerprint density at radius 2 is 1.67 bits per heavy atom. The van der Waals surface area contributed by atoms with Crippen LogP contribution < -0.4 is 0 Å². The molecule has 0 amide bonds. The molecule has 1 nitrogen and oxygen atoms in total. The van der Waals surface area contributed by atoms with Crippen LogP contribution in [0, 0.1) is 0 Å². The Morgan fingerprint density at radius 1 is 1.13 bits per heavy atom. The minimum Gasteiger partial charge on any atom is -0.250 e. The van der Waals surface area contributed by atoms with Gasteiger partial charge in [0.05, 0.1) is 0 Å². The third kappa shape index (κ3) is 5.01. The van der Waals surface area contributed by atoms with Crippen LogP contribution in [-0.2, 0) is 0 Å². The van der Waals surface area contributed by atoms with Gasteiger partial charge in [0.2, 0.25) is 0 Å². The zero-order chi connectivity index (χ0) is 11.5. The molecule has 1 aliphatic heterocycles. The molecule has 0 aromatic rings. The monoisotopic (exact) mass is 249 g/mol. The Morgan fingerprint density at radius 3 is 2.13 bits per heavy atom. The smallest absolute Gasteiger partial charge is 0.0177 e. The van der Waals surface area contributed by atoms with Crippen molar-refractivity contribution in [2.45, 2.75) is 45.2 Å². The lowest BCUT2D eigenvalue weighted by molar-refractivity contribution is 0.393. The third-order valence-electron chi connectivity index (χ3n) is 3.01. The van der Waals surface area contributed by atoms with Crippen molar-refractivity contribution in [3.63, 3.8) is 0 Å². The maximum Gasteiger partial charge on any atom is 0.0177 e. The molecule has 0 spiro atoms. The standard InChI is InChI=1S/C12H27NS2/c1-11-7-8-12(2)13(11)14-9-6-10-15(3,4)5/h11-12H,6-10H2,1-5H3. The third-order valence-corrected chi connectivity index (χ3v) is 6.02. The van der Waals surface area contributed by atoms with Crippen molar-refractivity contribution in [1.29, 1.82) is 0 Å². The van der Waals surface area contributed by atoms with Crippen LogP contribution in [0.3, 0.4) is 0 Å². The second-order valence-corrected chi connectivity index (χ2v) is 11.3. The first-order valence-electron chi connectivity index (χ1n) is 5.97. The molecule has 0 aromatic carbocycles. The molecule has 1 rings (SSSR count). The van der Waals surface area contributed by atoms with Crippen LogP contribution in [0.4, 0.5) is 0 Å². The molecule has 1 saturated heterocycles. The van der Waals surface area contributed by atoms with Crippen molar-refractivity contribution in [3.8, 4) is 0 Å². The second kappa shape index (κ2) is 5.83. The van der Waals surface area contributed by atoms with Gasteiger partial charge in [-0.25, -0.2) is 14.3 Å². The normalized spacial score (nSPS) is 29.7. The lowest BCUT2D eigenvalue weighted by Gasteiger charge is -2.27. The van der Waals surface area contributed by atoms with Gasteiger partial charge in [-0.05, 0) is 57.6 Å². The SMILES string of the molecule is CC1CCC(C)N1SCCCS(C)(C)C. The molecule has 0 aliphatic carbocycles. The zero-order valence-electron chi connectivity index (χ0n) is 11.0. The van der Waals surface area contributed by atoms with Gasteiger partial charge in [-0.15, -0.1) is 0 Å². The predicted molar refractivity (Wildman–Crippen MR) is 77.3 cm³/mol. The Hall–Kier alpha value is 0.660. The average Bonchev–Trinajstić information content (AvgIpc) is 2.40. The first-order valence-corrected chi connectivity index (χ1v) is 9.94. The lowest BCUT2D eigenvalue weighted by Crippen LogP contribution is -2.26. The molecular weight excluding hydrogens is 222 g/mol. The van der Waals surface area contributed by atoms with Crippen LogP contribution in [0.15, 0.2) is 0 Å². The van der Waals surface area contributed by atoms with Gasteiger partial charge in [0.15, 0.2) is 0 Å². The van der Waals surface area contributed by atoms with Crippen molar-refractivity contribution in [2.75, 3.05) is 30.3 Å². The average molecular weight is 249 g/mol. The minimum atomic E-state index is -0.279. The molecule has 15 heavy (non-hydrogen) atoms. The number of hydrogen-bond acceptors (Lipinski definition) is 2. The summed E-state index contributed by atoms with van der Waals surface area (Å²) in [7, 11) is -0.279. The van der Waals surface area contributed by atoms with Gasteiger partial charge in [-0.2, -0.15) is 0 Å². The second-order valence-electron chi connectivity index (χ2n) is 5.62. The van der Waals surface area contributed by atoms with E-state index in [1.807, 2.05) is 0 Å². The van der Waals surface area contributed by atoms with E-state index in [-0.39, 0.29) is 10.0 Å². The fourth-order valence-electron chi connectivity index (χ4n) is 2.09. The quantitative estimate of drug-likeness (QED) is 0.541. The maximum absolute atomic E-state index is 2.62. The number of nitrogens with zero attached hydrogens (tertiary/aromatic N) is 1. The lowest BCUT2D eigenvalue weighted by atomic mass is 10.2. The Balaban J connectivity index is 2.14. The van der Waals surface area contributed by atoms with Crippen molar-refractivity contribution >= 4 is 22.0 Å². The van der Waals surface area contributed by atoms with Crippen LogP contribution in [-0.4, -0.2) is 46.7 Å². The first kappa shape index (κ1) is 13.7. The number of hydrogen-bond donors (Lipinski definition) is 0. The van der Waals surface area contributed by atoms with E-state index in [1.165, 1.54) is 30.8 Å². The molecule has 3 heteroatoms. The topological polar surface area (TPSA) is 3.24 Å². The van der Waals surface area contributed by atoms with Gasteiger partial charge in [-0.1, -0.05) is 11.9 Å². The Kier molecular flexibility index (Phi) is 5.33. The molecule has 0 saturated carbocycles. The summed E-state index contributed by atoms with van der Waals surface area (Å²) in [5, 5.41) is 0. The van der Waals surface area contributed by atoms with Gasteiger partial charge >= 0.3 is 0 Å². The fraction of sp³-hybridized carbons (Fsp3) is 1.00. The minimum absolute atomic E-state index is 0.279. The van der Waals surface area contributed by atoms with E-state index in [4.69, 9.17) is 0 Å². The highest BCUT2D eigenvalue weighted by Gasteiger charge is 2.27. The molecule has 0 aromatic heterocycles. The molecular formula is C12H27NS2. The highest BCUT2D eigenvalue weighted by molar-refractivity contribution is 8.32. The van der Waals surface area contributed by atoms with E-state index >= 15 is 0 Å². The van der Waals surface area contributed by atoms with Crippen LogP contribution >= 0.6 is 22.0 Å². The summed E-state index contributed by atoms with van der Waals surface area (Å²) in [5.41, 5.74) is 0. The van der Waals surface area contributed by atoms with Gasteiger partial charge in [0, 0.05) is 17.8 Å². The summed E-state index contributed by atoms with van der Waals surface area (Å²) >= 11 is 2.09. The van der Waals surface area contributed by atoms with E-state index in [2.05, 4.69) is 48.9 Å². The largest absolute Gasteiger partial charge is 0.250 e. The van der Waals surface area contributed by atoms with E-state index in [0.29, 0.717) is 0 Å². The van der Waals surface area contributed by atoms with E-state index in [0.717, 1.165) is 12.1 Å². The Bertz CT molecular complexity index is 179. The van der Waals surface area contributed by atoms with Gasteiger partial charge < -0.3 is 0 Å². The summed E-state index contributed by atoms with van der Waals surface area (Å²) in [6, 6.07) is 1.60. The van der Waals surface area contributed by atoms with Crippen molar-refractivity contribution < 1.29 is 0 Å². The summed E-state index contributed by atoms with van der Waals surface area (Å²) in [6.45, 7) is 4.73. The molecule has 0 bridgehead atoms. The number of rotatable bonds is 5. The van der Waals surface area contributed by atoms with Crippen LogP contribution in [0.25, 0.3) is 0 Å². The molecule has 1 fully saturated rings. The zero-order valence-corrected chi connectivity index (χ0v) is 12.6. The van der Waals surface area contributed by atoms with Crippen LogP contribution in [0.5, 0.6) is 0 Å². The molecule has 1 heterocycles. The van der Waals surface area contributed by atoms with Crippen molar-refractivity contribution in [1.82, 2.24) is 4.31 Å². The van der Waals surface area contributed by atoms with E-state index in [1.54, 1.807) is 0 Å². The van der Waals surface area contributed by atoms with E-state index in [9.17, 15) is 0 Å². The van der Waals surface area contributed by atoms with Crippen molar-refractivity contribution in [3.05, 3.63) is 0 Å². The van der Waals surface area contributed by atoms with Gasteiger partial charge in [0.1, 0.15) is 0 Å².